The second kappa shape index (κ2) is 8.76. The van der Waals surface area contributed by atoms with Gasteiger partial charge in [-0.25, -0.2) is 0 Å². The van der Waals surface area contributed by atoms with Crippen molar-refractivity contribution in [3.8, 4) is 5.75 Å². The van der Waals surface area contributed by atoms with Crippen molar-refractivity contribution in [1.82, 2.24) is 0 Å². The van der Waals surface area contributed by atoms with Crippen LogP contribution in [0.3, 0.4) is 0 Å². The van der Waals surface area contributed by atoms with E-state index in [2.05, 4.69) is 32.0 Å². The van der Waals surface area contributed by atoms with Crippen LogP contribution in [0.5, 0.6) is 5.75 Å². The fourth-order valence-electron chi connectivity index (χ4n) is 2.94. The van der Waals surface area contributed by atoms with Crippen LogP contribution in [0.2, 0.25) is 0 Å². The van der Waals surface area contributed by atoms with Gasteiger partial charge in [-0.3, -0.25) is 0 Å². The lowest BCUT2D eigenvalue weighted by atomic mass is 10.1. The van der Waals surface area contributed by atoms with E-state index in [4.69, 9.17) is 4.74 Å². The normalized spacial score (nSPS) is 12.7. The Hall–Kier alpha value is -1.58. The lowest BCUT2D eigenvalue weighted by molar-refractivity contribution is -0.903. The Bertz CT molecular complexity index is 559. The summed E-state index contributed by atoms with van der Waals surface area (Å²) in [6, 6.07) is 14.2. The van der Waals surface area contributed by atoms with Gasteiger partial charge in [0.1, 0.15) is 25.0 Å². The Morgan fingerprint density at radius 2 is 1.68 bits per heavy atom. The highest BCUT2D eigenvalue weighted by atomic mass is 16.5. The van der Waals surface area contributed by atoms with Gasteiger partial charge in [0.05, 0.1) is 13.1 Å². The van der Waals surface area contributed by atoms with Gasteiger partial charge in [-0.15, -0.1) is 0 Å². The predicted molar refractivity (Wildman–Crippen MR) is 91.6 cm³/mol. The molecule has 2 rings (SSSR count). The van der Waals surface area contributed by atoms with Crippen LogP contribution < -0.4 is 9.64 Å². The van der Waals surface area contributed by atoms with E-state index in [1.807, 2.05) is 24.3 Å². The first-order chi connectivity index (χ1) is 10.7. The van der Waals surface area contributed by atoms with Gasteiger partial charge in [-0.2, -0.15) is 0 Å². The number of aliphatic hydroxyl groups excluding tert-OH is 1. The van der Waals surface area contributed by atoms with Crippen molar-refractivity contribution < 1.29 is 14.7 Å². The predicted octanol–water partition coefficient (Wildman–Crippen LogP) is 2.28. The third-order valence-electron chi connectivity index (χ3n) is 3.91. The van der Waals surface area contributed by atoms with Gasteiger partial charge < -0.3 is 14.7 Å². The Kier molecular flexibility index (Phi) is 6.69. The van der Waals surface area contributed by atoms with E-state index in [0.717, 1.165) is 43.6 Å². The summed E-state index contributed by atoms with van der Waals surface area (Å²) in [6.07, 6.45) is 1.87. The first kappa shape index (κ1) is 16.8. The maximum Gasteiger partial charge on any atom is 0.137 e. The van der Waals surface area contributed by atoms with Crippen LogP contribution in [0.4, 0.5) is 0 Å². The summed E-state index contributed by atoms with van der Waals surface area (Å²) in [6.45, 7) is 7.71. The highest BCUT2D eigenvalue weighted by Gasteiger charge is 2.14. The third kappa shape index (κ3) is 4.72. The number of hydrogen-bond acceptors (Lipinski definition) is 2. The fraction of sp³-hybridized carbons (Fsp3) is 0.474. The van der Waals surface area contributed by atoms with Crippen LogP contribution in [0.25, 0.3) is 10.8 Å². The van der Waals surface area contributed by atoms with Crippen molar-refractivity contribution in [2.24, 2.45) is 0 Å². The molecule has 2 aromatic carbocycles. The molecule has 0 aromatic heterocycles. The molecule has 3 heteroatoms. The van der Waals surface area contributed by atoms with E-state index in [-0.39, 0.29) is 0 Å². The standard InChI is InChI=1S/C19H27NO2/c1-3-12-20(13-4-2)14-17(21)15-22-19-11-7-9-16-8-5-6-10-18(16)19/h5-11,17,21H,3-4,12-15H2,1-2H3/p+1/t17-/m0/s1. The molecule has 0 saturated heterocycles. The molecule has 3 nitrogen and oxygen atoms in total. The molecule has 120 valence electrons. The molecule has 0 spiro atoms. The summed E-state index contributed by atoms with van der Waals surface area (Å²) in [5.41, 5.74) is 0. The molecule has 1 atom stereocenters. The SMILES string of the molecule is CCC[NH+](CCC)C[C@H](O)COc1cccc2ccccc12. The number of rotatable bonds is 9. The molecule has 0 bridgehead atoms. The molecule has 0 saturated carbocycles. The molecule has 0 aliphatic carbocycles. The van der Waals surface area contributed by atoms with Crippen molar-refractivity contribution in [2.45, 2.75) is 32.8 Å². The van der Waals surface area contributed by atoms with Gasteiger partial charge in [-0.05, 0) is 24.3 Å². The number of quaternary nitrogens is 1. The van der Waals surface area contributed by atoms with Gasteiger partial charge >= 0.3 is 0 Å². The first-order valence-corrected chi connectivity index (χ1v) is 8.36. The van der Waals surface area contributed by atoms with Gasteiger partial charge in [0.25, 0.3) is 0 Å². The van der Waals surface area contributed by atoms with E-state index in [0.29, 0.717) is 6.61 Å². The second-order valence-corrected chi connectivity index (χ2v) is 5.90. The molecule has 22 heavy (non-hydrogen) atoms. The van der Waals surface area contributed by atoms with Crippen LogP contribution in [0.1, 0.15) is 26.7 Å². The summed E-state index contributed by atoms with van der Waals surface area (Å²) in [5.74, 6) is 0.852. The highest BCUT2D eigenvalue weighted by Crippen LogP contribution is 2.25. The van der Waals surface area contributed by atoms with Crippen molar-refractivity contribution in [3.63, 3.8) is 0 Å². The van der Waals surface area contributed by atoms with Gasteiger partial charge in [0, 0.05) is 5.39 Å². The molecule has 0 aliphatic heterocycles. The zero-order valence-corrected chi connectivity index (χ0v) is 13.7. The summed E-state index contributed by atoms with van der Waals surface area (Å²) >= 11 is 0. The maximum absolute atomic E-state index is 10.3. The minimum absolute atomic E-state index is 0.352. The van der Waals surface area contributed by atoms with E-state index >= 15 is 0 Å². The lowest BCUT2D eigenvalue weighted by Crippen LogP contribution is -3.13. The number of nitrogens with one attached hydrogen (secondary N) is 1. The van der Waals surface area contributed by atoms with E-state index in [9.17, 15) is 5.11 Å². The van der Waals surface area contributed by atoms with E-state index in [1.54, 1.807) is 0 Å². The Morgan fingerprint density at radius 1 is 1.00 bits per heavy atom. The smallest absolute Gasteiger partial charge is 0.137 e. The molecule has 0 radical (unpaired) electrons. The van der Waals surface area contributed by atoms with Crippen molar-refractivity contribution in [1.29, 1.82) is 0 Å². The molecule has 0 amide bonds. The average molecular weight is 302 g/mol. The monoisotopic (exact) mass is 302 g/mol. The van der Waals surface area contributed by atoms with Crippen LogP contribution in [0.15, 0.2) is 42.5 Å². The molecular formula is C19H28NO2+. The zero-order chi connectivity index (χ0) is 15.8. The number of aliphatic hydroxyl groups is 1. The number of fused-ring (bicyclic) bond motifs is 1. The van der Waals surface area contributed by atoms with E-state index in [1.165, 1.54) is 10.3 Å². The van der Waals surface area contributed by atoms with Gasteiger partial charge in [0.2, 0.25) is 0 Å². The van der Waals surface area contributed by atoms with Crippen molar-refractivity contribution >= 4 is 10.8 Å². The van der Waals surface area contributed by atoms with Crippen LogP contribution in [-0.4, -0.2) is 37.5 Å². The van der Waals surface area contributed by atoms with Gasteiger partial charge in [0.15, 0.2) is 0 Å². The second-order valence-electron chi connectivity index (χ2n) is 5.90. The molecule has 2 N–H and O–H groups in total. The van der Waals surface area contributed by atoms with Crippen LogP contribution in [-0.2, 0) is 0 Å². The number of benzene rings is 2. The van der Waals surface area contributed by atoms with Crippen molar-refractivity contribution in [3.05, 3.63) is 42.5 Å². The van der Waals surface area contributed by atoms with E-state index < -0.39 is 6.10 Å². The average Bonchev–Trinajstić information content (AvgIpc) is 2.53. The summed E-state index contributed by atoms with van der Waals surface area (Å²) < 4.78 is 5.87. The van der Waals surface area contributed by atoms with Gasteiger partial charge in [-0.1, -0.05) is 50.2 Å². The zero-order valence-electron chi connectivity index (χ0n) is 13.7. The minimum Gasteiger partial charge on any atom is -0.490 e. The Labute approximate surface area is 133 Å². The lowest BCUT2D eigenvalue weighted by Gasteiger charge is -2.21. The molecule has 0 heterocycles. The molecular weight excluding hydrogens is 274 g/mol. The maximum atomic E-state index is 10.3. The summed E-state index contributed by atoms with van der Waals surface area (Å²) in [5, 5.41) is 12.5. The summed E-state index contributed by atoms with van der Waals surface area (Å²) in [4.78, 5) is 1.46. The number of hydrogen-bond donors (Lipinski definition) is 2. The number of ether oxygens (including phenoxy) is 1. The molecule has 2 aromatic rings. The first-order valence-electron chi connectivity index (χ1n) is 8.36. The third-order valence-corrected chi connectivity index (χ3v) is 3.91. The molecule has 0 aliphatic rings. The fourth-order valence-corrected chi connectivity index (χ4v) is 2.94. The Balaban J connectivity index is 1.93. The molecule has 0 fully saturated rings. The minimum atomic E-state index is -0.424. The van der Waals surface area contributed by atoms with Crippen LogP contribution >= 0.6 is 0 Å². The van der Waals surface area contributed by atoms with Crippen molar-refractivity contribution in [2.75, 3.05) is 26.2 Å². The topological polar surface area (TPSA) is 33.9 Å². The Morgan fingerprint density at radius 3 is 2.41 bits per heavy atom. The summed E-state index contributed by atoms with van der Waals surface area (Å²) in [7, 11) is 0. The quantitative estimate of drug-likeness (QED) is 0.745. The van der Waals surface area contributed by atoms with Crippen LogP contribution in [0, 0.1) is 0 Å². The highest BCUT2D eigenvalue weighted by molar-refractivity contribution is 5.88. The molecule has 0 unspecified atom stereocenters. The largest absolute Gasteiger partial charge is 0.490 e.